The van der Waals surface area contributed by atoms with Crippen LogP contribution in [-0.4, -0.2) is 67.0 Å². The molecule has 4 rings (SSSR count). The van der Waals surface area contributed by atoms with Crippen molar-refractivity contribution in [1.29, 1.82) is 0 Å². The van der Waals surface area contributed by atoms with E-state index in [2.05, 4.69) is 197 Å². The van der Waals surface area contributed by atoms with E-state index in [-0.39, 0.29) is 64.6 Å². The van der Waals surface area contributed by atoms with Gasteiger partial charge in [0.2, 0.25) is 0 Å². The van der Waals surface area contributed by atoms with Gasteiger partial charge in [0.05, 0.1) is 29.4 Å². The van der Waals surface area contributed by atoms with Crippen molar-refractivity contribution in [3.8, 4) is 178 Å². The van der Waals surface area contributed by atoms with E-state index in [9.17, 15) is 29.7 Å². The second-order valence-electron chi connectivity index (χ2n) is 14.3. The number of unbranched alkanes of at least 4 members (excludes halogenated alkanes) is 1. The van der Waals surface area contributed by atoms with Gasteiger partial charge in [0.25, 0.3) is 11.8 Å². The first-order chi connectivity index (χ1) is 38.2. The summed E-state index contributed by atoms with van der Waals surface area (Å²) in [6.07, 6.45) is 13.6. The average molecular weight is 1090 g/mol. The Hall–Kier alpha value is -10.5. The summed E-state index contributed by atoms with van der Waals surface area (Å²) in [6.45, 7) is 1.69. The highest BCUT2D eigenvalue weighted by Gasteiger charge is 2.40. The Morgan fingerprint density at radius 2 is 1.15 bits per heavy atom. The number of terminal acetylenes is 1. The zero-order valence-electron chi connectivity index (χ0n) is 41.3. The van der Waals surface area contributed by atoms with E-state index in [0.717, 1.165) is 12.0 Å². The van der Waals surface area contributed by atoms with Crippen molar-refractivity contribution in [2.45, 2.75) is 77.6 Å². The second-order valence-corrected chi connectivity index (χ2v) is 14.3. The van der Waals surface area contributed by atoms with Crippen LogP contribution in [0.15, 0.2) is 78.9 Å². The molecule has 0 bridgehead atoms. The molecule has 6 N–H and O–H groups in total. The number of rotatable bonds is 17. The molecule has 2 aliphatic rings. The lowest BCUT2D eigenvalue weighted by molar-refractivity contribution is -0.679. The minimum atomic E-state index is -0.673. The number of hydrogen-bond acceptors (Lipinski definition) is 15. The Kier molecular flexibility index (Phi) is 37.8. The molecule has 0 spiro atoms. The van der Waals surface area contributed by atoms with Crippen molar-refractivity contribution >= 4 is 17.8 Å². The molecule has 79 heavy (non-hydrogen) atoms. The van der Waals surface area contributed by atoms with Crippen LogP contribution in [0.3, 0.4) is 0 Å². The summed E-state index contributed by atoms with van der Waals surface area (Å²) in [5.41, 5.74) is 2.94. The number of nitrogens with zero attached hydrogens (tertiary/aromatic N) is 1. The fourth-order valence-electron chi connectivity index (χ4n) is 6.09. The predicted octanol–water partition coefficient (Wildman–Crippen LogP) is 7.96. The van der Waals surface area contributed by atoms with Crippen LogP contribution in [-0.2, 0) is 41.1 Å². The number of imide groups is 1. The normalized spacial score (nSPS) is 14.2. The molecule has 1 aliphatic heterocycles. The van der Waals surface area contributed by atoms with Gasteiger partial charge in [0.15, 0.2) is 0 Å². The summed E-state index contributed by atoms with van der Waals surface area (Å²) in [6, 6.07) is 16.2. The standard InChI is InChI=1S/C31H35NO7.C31H4.CH4.H3NO7.15H2/c33-22(17-16-21-10-4-3-5-11-21)18-19-24-23(27(34)20-28(24)35)12-6-1-2-7-15-29(36)39-32-30(37)25-13-8-9-14-26(25)31(32)38;1-3-5-7-9-11-13-15-17-19-21-23-25-27-29-31-30-28-26-24-22-20-18-16-14-12-10-8-6-4-2;;2-6-4-1-5-8-7-3;;;;;;;;;;;;;;;/h1,3-6,8-11,13-14,18-19,22-24,27-28,33-35H,2,7,12,15-17,20H2;1H,2H3;1H4;1-3H;15*1H/b6-1-,19-18+;;;;;;;;;;;;;;;;;;/t22-,23+,24+,27-,28+;;;;;;;;;;;;;;;;;;/m0................../s1. The van der Waals surface area contributed by atoms with Crippen LogP contribution in [0.25, 0.3) is 0 Å². The quantitative estimate of drug-likeness (QED) is 0.0221. The van der Waals surface area contributed by atoms with E-state index in [1.165, 1.54) is 17.8 Å². The molecule has 5 atom stereocenters. The van der Waals surface area contributed by atoms with Crippen LogP contribution in [0.2, 0.25) is 0 Å². The predicted molar refractivity (Wildman–Crippen MR) is 320 cm³/mol. The zero-order chi connectivity index (χ0) is 56.5. The Balaban J connectivity index is -0.0000000803. The van der Waals surface area contributed by atoms with Gasteiger partial charge in [0, 0.05) is 111 Å². The summed E-state index contributed by atoms with van der Waals surface area (Å²) in [5.74, 6) is 69.5. The fraction of sp³-hybridized carbons (Fsp3) is 0.222. The Labute approximate surface area is 482 Å². The summed E-state index contributed by atoms with van der Waals surface area (Å²) in [4.78, 5) is 48.7. The van der Waals surface area contributed by atoms with Gasteiger partial charge in [-0.05, 0) is 178 Å². The Bertz CT molecular complexity index is 3470. The lowest BCUT2D eigenvalue weighted by Crippen LogP contribution is -2.32. The van der Waals surface area contributed by atoms with Crippen LogP contribution in [0.1, 0.15) is 101 Å². The van der Waals surface area contributed by atoms with Gasteiger partial charge < -0.3 is 20.2 Å². The van der Waals surface area contributed by atoms with E-state index in [4.69, 9.17) is 21.8 Å². The molecule has 16 nitrogen and oxygen atoms in total. The van der Waals surface area contributed by atoms with Gasteiger partial charge >= 0.3 is 5.97 Å². The summed E-state index contributed by atoms with van der Waals surface area (Å²) in [5, 5.41) is 55.5. The van der Waals surface area contributed by atoms with Gasteiger partial charge in [-0.25, -0.2) is 15.3 Å². The van der Waals surface area contributed by atoms with Crippen molar-refractivity contribution in [2.75, 3.05) is 0 Å². The lowest BCUT2D eigenvalue weighted by Gasteiger charge is -2.19. The number of aliphatic hydroxyl groups is 3. The first-order valence-corrected chi connectivity index (χ1v) is 22.5. The number of hydroxylamine groups is 2. The summed E-state index contributed by atoms with van der Waals surface area (Å²) < 4.78 is 0. The van der Waals surface area contributed by atoms with Gasteiger partial charge in [0.1, 0.15) is 0 Å². The molecular formula is C63H76N2O14. The number of nitrogens with one attached hydrogen (secondary N) is 1. The fourth-order valence-corrected chi connectivity index (χ4v) is 6.09. The molecule has 1 aliphatic carbocycles. The number of amides is 2. The van der Waals surface area contributed by atoms with E-state index in [0.29, 0.717) is 30.7 Å². The molecule has 0 aromatic heterocycles. The third kappa shape index (κ3) is 31.1. The minimum absolute atomic E-state index is 0. The van der Waals surface area contributed by atoms with Crippen LogP contribution >= 0.6 is 0 Å². The van der Waals surface area contributed by atoms with Crippen molar-refractivity contribution in [3.05, 3.63) is 95.6 Å². The molecule has 2 amide bonds. The number of allylic oxidation sites excluding steroid dienone is 2. The van der Waals surface area contributed by atoms with Gasteiger partial charge in [-0.2, -0.15) is 0 Å². The van der Waals surface area contributed by atoms with Crippen molar-refractivity contribution in [3.63, 3.8) is 0 Å². The monoisotopic (exact) mass is 1080 g/mol. The third-order valence-electron chi connectivity index (χ3n) is 9.31. The number of carbonyl (C=O) groups excluding carboxylic acids is 3. The van der Waals surface area contributed by atoms with E-state index in [1.807, 2.05) is 48.6 Å². The smallest absolute Gasteiger partial charge is 0.333 e. The van der Waals surface area contributed by atoms with Gasteiger partial charge in [-0.15, -0.1) is 6.42 Å². The second kappa shape index (κ2) is 44.9. The SMILES string of the molecule is C.C#CC#CC#CC#CC#CC#CC#CC#CC#CC#CC#CC#CC#CC#CC#CC.O=C(CCC/C=C\C[C@@H]1[C@@H](/C=C/[C@@H](O)CCc2ccccc2)[C@H](O)C[C@@H]1O)ON1C(=O)c2ccccc2C1=O.OOONOOOO.[HH].[HH].[HH].[HH].[HH].[HH].[HH].[HH].[HH].[HH].[HH].[HH].[HH].[HH].[HH]. The van der Waals surface area contributed by atoms with Crippen LogP contribution in [0, 0.1) is 190 Å². The zero-order valence-corrected chi connectivity index (χ0v) is 41.3. The van der Waals surface area contributed by atoms with Gasteiger partial charge in [-0.3, -0.25) is 9.59 Å². The lowest BCUT2D eigenvalue weighted by atomic mass is 9.89. The molecule has 16 heteroatoms. The summed E-state index contributed by atoms with van der Waals surface area (Å²) >= 11 is 0. The topological polar surface area (TPSA) is 223 Å². The van der Waals surface area contributed by atoms with E-state index < -0.39 is 36.1 Å². The number of benzene rings is 2. The molecule has 1 fully saturated rings. The minimum Gasteiger partial charge on any atom is -0.393 e. The first-order valence-electron chi connectivity index (χ1n) is 22.5. The Morgan fingerprint density at radius 1 is 0.684 bits per heavy atom. The highest BCUT2D eigenvalue weighted by atomic mass is 17.7. The highest BCUT2D eigenvalue weighted by Crippen LogP contribution is 2.36. The molecule has 0 unspecified atom stereocenters. The van der Waals surface area contributed by atoms with Crippen LogP contribution < -0.4 is 5.64 Å². The number of carbonyl (C=O) groups is 3. The Morgan fingerprint density at radius 3 is 1.61 bits per heavy atom. The number of aryl methyl sites for hydroxylation is 1. The largest absolute Gasteiger partial charge is 0.393 e. The molecule has 422 valence electrons. The summed E-state index contributed by atoms with van der Waals surface area (Å²) in [7, 11) is 0. The van der Waals surface area contributed by atoms with E-state index >= 15 is 0 Å². The average Bonchev–Trinajstić information content (AvgIpc) is 2.93. The molecule has 0 radical (unpaired) electrons. The number of hydrogen-bond donors (Lipinski definition) is 6. The van der Waals surface area contributed by atoms with Crippen LogP contribution in [0.4, 0.5) is 0 Å². The van der Waals surface area contributed by atoms with Crippen molar-refractivity contribution in [1.82, 2.24) is 10.7 Å². The molecule has 1 saturated carbocycles. The van der Waals surface area contributed by atoms with Crippen LogP contribution in [0.5, 0.6) is 0 Å². The molecule has 0 saturated heterocycles. The molecule has 1 heterocycles. The van der Waals surface area contributed by atoms with Crippen molar-refractivity contribution in [2.24, 2.45) is 11.8 Å². The van der Waals surface area contributed by atoms with E-state index in [1.54, 1.807) is 25.1 Å². The maximum atomic E-state index is 12.3. The maximum Gasteiger partial charge on any atom is 0.333 e. The van der Waals surface area contributed by atoms with Crippen molar-refractivity contribution < 1.29 is 91.5 Å². The number of fused-ring (bicyclic) bond motifs is 1. The molecule has 2 aromatic rings. The molecule has 2 aromatic carbocycles. The highest BCUT2D eigenvalue weighted by molar-refractivity contribution is 6.20. The first kappa shape index (κ1) is 66.5. The molecular weight excluding hydrogens is 1010 g/mol. The third-order valence-corrected chi connectivity index (χ3v) is 9.31. The number of aliphatic hydroxyl groups excluding tert-OH is 3. The van der Waals surface area contributed by atoms with Gasteiger partial charge in [-0.1, -0.05) is 95.2 Å². The maximum absolute atomic E-state index is 12.3.